The van der Waals surface area contributed by atoms with Crippen molar-refractivity contribution in [3.63, 3.8) is 0 Å². The second kappa shape index (κ2) is 7.45. The van der Waals surface area contributed by atoms with E-state index in [1.807, 2.05) is 11.9 Å². The molecule has 1 aromatic carbocycles. The van der Waals surface area contributed by atoms with Gasteiger partial charge >= 0.3 is 6.18 Å². The molecule has 2 heterocycles. The maximum Gasteiger partial charge on any atom is 0.416 e. The van der Waals surface area contributed by atoms with Gasteiger partial charge in [-0.2, -0.15) is 17.5 Å². The van der Waals surface area contributed by atoms with Gasteiger partial charge in [0.2, 0.25) is 10.0 Å². The predicted molar refractivity (Wildman–Crippen MR) is 95.2 cm³/mol. The number of rotatable bonds is 4. The summed E-state index contributed by atoms with van der Waals surface area (Å²) in [7, 11) is -1.70. The van der Waals surface area contributed by atoms with Gasteiger partial charge < -0.3 is 10.2 Å². The first-order valence-electron chi connectivity index (χ1n) is 8.25. The van der Waals surface area contributed by atoms with E-state index in [0.29, 0.717) is 26.2 Å². The molecule has 1 fully saturated rings. The van der Waals surface area contributed by atoms with Crippen molar-refractivity contribution in [3.8, 4) is 0 Å². The molecule has 1 saturated heterocycles. The predicted octanol–water partition coefficient (Wildman–Crippen LogP) is 2.78. The van der Waals surface area contributed by atoms with Crippen LogP contribution in [-0.2, 0) is 16.2 Å². The SMILES string of the molecule is CN1CCN(S(=O)(=O)c2ccc(Nc3cccc(C(F)(F)F)c3)nc2)CC1. The van der Waals surface area contributed by atoms with Crippen LogP contribution in [-0.4, -0.2) is 55.8 Å². The molecule has 0 atom stereocenters. The molecule has 1 aliphatic heterocycles. The number of likely N-dealkylation sites (N-methyl/N-ethyl adjacent to an activating group) is 1. The molecular weight excluding hydrogens is 381 g/mol. The van der Waals surface area contributed by atoms with E-state index in [1.54, 1.807) is 0 Å². The molecule has 0 aliphatic carbocycles. The zero-order valence-electron chi connectivity index (χ0n) is 14.6. The van der Waals surface area contributed by atoms with Crippen LogP contribution in [0, 0.1) is 0 Å². The second-order valence-electron chi connectivity index (χ2n) is 6.29. The summed E-state index contributed by atoms with van der Waals surface area (Å²) in [6.45, 7) is 2.12. The van der Waals surface area contributed by atoms with E-state index >= 15 is 0 Å². The Hall–Kier alpha value is -2.17. The summed E-state index contributed by atoms with van der Waals surface area (Å²) in [5.41, 5.74) is -0.561. The first-order chi connectivity index (χ1) is 12.7. The van der Waals surface area contributed by atoms with E-state index in [9.17, 15) is 21.6 Å². The van der Waals surface area contributed by atoms with E-state index in [1.165, 1.54) is 34.8 Å². The van der Waals surface area contributed by atoms with Gasteiger partial charge in [0.05, 0.1) is 5.56 Å². The molecule has 2 aromatic rings. The van der Waals surface area contributed by atoms with Gasteiger partial charge in [-0.25, -0.2) is 13.4 Å². The summed E-state index contributed by atoms with van der Waals surface area (Å²) in [5.74, 6) is 0.256. The number of alkyl halides is 3. The standard InChI is InChI=1S/C17H19F3N4O2S/c1-23-7-9-24(10-8-23)27(25,26)15-5-6-16(21-12-15)22-14-4-2-3-13(11-14)17(18,19)20/h2-6,11-12H,7-10H2,1H3,(H,21,22). The van der Waals surface area contributed by atoms with Crippen LogP contribution >= 0.6 is 0 Å². The zero-order valence-corrected chi connectivity index (χ0v) is 15.4. The number of nitrogens with one attached hydrogen (secondary N) is 1. The summed E-state index contributed by atoms with van der Waals surface area (Å²) in [6, 6.07) is 7.55. The van der Waals surface area contributed by atoms with Crippen LogP contribution in [0.15, 0.2) is 47.5 Å². The molecule has 0 amide bonds. The molecule has 0 saturated carbocycles. The third kappa shape index (κ3) is 4.57. The maximum atomic E-state index is 12.8. The molecule has 10 heteroatoms. The first kappa shape index (κ1) is 19.6. The van der Waals surface area contributed by atoms with Gasteiger partial charge in [0.25, 0.3) is 0 Å². The van der Waals surface area contributed by atoms with E-state index in [2.05, 4.69) is 10.3 Å². The molecular formula is C17H19F3N4O2S. The van der Waals surface area contributed by atoms with Crippen LogP contribution in [0.25, 0.3) is 0 Å². The minimum Gasteiger partial charge on any atom is -0.340 e. The molecule has 27 heavy (non-hydrogen) atoms. The summed E-state index contributed by atoms with van der Waals surface area (Å²) in [5, 5.41) is 2.75. The average Bonchev–Trinajstić information content (AvgIpc) is 2.62. The van der Waals surface area contributed by atoms with E-state index in [0.717, 1.165) is 12.1 Å². The van der Waals surface area contributed by atoms with Gasteiger partial charge in [0.1, 0.15) is 10.7 Å². The van der Waals surface area contributed by atoms with Crippen LogP contribution in [0.2, 0.25) is 0 Å². The largest absolute Gasteiger partial charge is 0.416 e. The Morgan fingerprint density at radius 2 is 1.78 bits per heavy atom. The fourth-order valence-corrected chi connectivity index (χ4v) is 4.07. The van der Waals surface area contributed by atoms with Crippen molar-refractivity contribution in [3.05, 3.63) is 48.2 Å². The highest BCUT2D eigenvalue weighted by Crippen LogP contribution is 2.31. The van der Waals surface area contributed by atoms with E-state index < -0.39 is 21.8 Å². The van der Waals surface area contributed by atoms with Crippen molar-refractivity contribution in [1.82, 2.24) is 14.2 Å². The third-order valence-corrected chi connectivity index (χ3v) is 6.18. The van der Waals surface area contributed by atoms with Gasteiger partial charge in [-0.05, 0) is 37.4 Å². The highest BCUT2D eigenvalue weighted by Gasteiger charge is 2.30. The van der Waals surface area contributed by atoms with Crippen LogP contribution < -0.4 is 5.32 Å². The van der Waals surface area contributed by atoms with Gasteiger partial charge in [-0.3, -0.25) is 0 Å². The first-order valence-corrected chi connectivity index (χ1v) is 9.69. The molecule has 6 nitrogen and oxygen atoms in total. The number of aromatic nitrogens is 1. The molecule has 3 rings (SSSR count). The quantitative estimate of drug-likeness (QED) is 0.855. The van der Waals surface area contributed by atoms with Crippen molar-refractivity contribution in [2.24, 2.45) is 0 Å². The number of benzene rings is 1. The average molecular weight is 400 g/mol. The van der Waals surface area contributed by atoms with Crippen molar-refractivity contribution in [2.75, 3.05) is 38.5 Å². The minimum atomic E-state index is -4.44. The lowest BCUT2D eigenvalue weighted by molar-refractivity contribution is -0.137. The normalized spacial score (nSPS) is 17.0. The molecule has 0 spiro atoms. The minimum absolute atomic E-state index is 0.0571. The lowest BCUT2D eigenvalue weighted by atomic mass is 10.2. The Morgan fingerprint density at radius 1 is 1.07 bits per heavy atom. The fourth-order valence-electron chi connectivity index (χ4n) is 2.71. The number of nitrogens with zero attached hydrogens (tertiary/aromatic N) is 3. The van der Waals surface area contributed by atoms with Crippen molar-refractivity contribution >= 4 is 21.5 Å². The molecule has 1 N–H and O–H groups in total. The number of hydrogen-bond donors (Lipinski definition) is 1. The van der Waals surface area contributed by atoms with Crippen LogP contribution in [0.3, 0.4) is 0 Å². The van der Waals surface area contributed by atoms with Gasteiger partial charge in [-0.15, -0.1) is 0 Å². The molecule has 0 unspecified atom stereocenters. The number of anilines is 2. The fraction of sp³-hybridized carbons (Fsp3) is 0.353. The Kier molecular flexibility index (Phi) is 5.41. The summed E-state index contributed by atoms with van der Waals surface area (Å²) in [4.78, 5) is 6.14. The molecule has 1 aromatic heterocycles. The molecule has 0 bridgehead atoms. The smallest absolute Gasteiger partial charge is 0.340 e. The number of sulfonamides is 1. The second-order valence-corrected chi connectivity index (χ2v) is 8.23. The molecule has 1 aliphatic rings. The summed E-state index contributed by atoms with van der Waals surface area (Å²) < 4.78 is 65.0. The van der Waals surface area contributed by atoms with Crippen LogP contribution in [0.5, 0.6) is 0 Å². The number of piperazine rings is 1. The van der Waals surface area contributed by atoms with Crippen LogP contribution in [0.1, 0.15) is 5.56 Å². The van der Waals surface area contributed by atoms with E-state index in [4.69, 9.17) is 0 Å². The zero-order chi connectivity index (χ0) is 19.7. The number of pyridine rings is 1. The number of hydrogen-bond acceptors (Lipinski definition) is 5. The monoisotopic (exact) mass is 400 g/mol. The Bertz CT molecular complexity index is 893. The topological polar surface area (TPSA) is 65.5 Å². The Balaban J connectivity index is 1.74. The third-order valence-electron chi connectivity index (χ3n) is 4.30. The Labute approximate surface area is 155 Å². The summed E-state index contributed by atoms with van der Waals surface area (Å²) in [6.07, 6.45) is -3.23. The maximum absolute atomic E-state index is 12.8. The van der Waals surface area contributed by atoms with Gasteiger partial charge in [0.15, 0.2) is 0 Å². The van der Waals surface area contributed by atoms with Crippen LogP contribution in [0.4, 0.5) is 24.7 Å². The number of halogens is 3. The molecule has 146 valence electrons. The Morgan fingerprint density at radius 3 is 2.37 bits per heavy atom. The highest BCUT2D eigenvalue weighted by molar-refractivity contribution is 7.89. The molecule has 0 radical (unpaired) electrons. The summed E-state index contributed by atoms with van der Waals surface area (Å²) >= 11 is 0. The van der Waals surface area contributed by atoms with Gasteiger partial charge in [0, 0.05) is 38.1 Å². The van der Waals surface area contributed by atoms with Gasteiger partial charge in [-0.1, -0.05) is 6.07 Å². The van der Waals surface area contributed by atoms with Crippen molar-refractivity contribution < 1.29 is 21.6 Å². The van der Waals surface area contributed by atoms with Crippen molar-refractivity contribution in [1.29, 1.82) is 0 Å². The lowest BCUT2D eigenvalue weighted by Gasteiger charge is -2.31. The lowest BCUT2D eigenvalue weighted by Crippen LogP contribution is -2.47. The highest BCUT2D eigenvalue weighted by atomic mass is 32.2. The van der Waals surface area contributed by atoms with Crippen molar-refractivity contribution in [2.45, 2.75) is 11.1 Å². The van der Waals surface area contributed by atoms with E-state index in [-0.39, 0.29) is 16.4 Å².